The first kappa shape index (κ1) is 16.5. The summed E-state index contributed by atoms with van der Waals surface area (Å²) in [5.74, 6) is -1.11. The lowest BCUT2D eigenvalue weighted by Crippen LogP contribution is -2.25. The standard InChI is InChI=1S/C24H20O2/c1-15-12-13-18(16(2)14-15)21(17-8-4-3-5-9-17)22-23(25)19-10-6-7-11-20(19)24(22)26/h3-14,21-22H,1-2H3/t21-/m0/s1. The van der Waals surface area contributed by atoms with Crippen LogP contribution in [0.4, 0.5) is 0 Å². The van der Waals surface area contributed by atoms with Gasteiger partial charge in [-0.05, 0) is 30.5 Å². The summed E-state index contributed by atoms with van der Waals surface area (Å²) in [6.45, 7) is 4.10. The monoisotopic (exact) mass is 340 g/mol. The zero-order chi connectivity index (χ0) is 18.3. The highest BCUT2D eigenvalue weighted by Crippen LogP contribution is 2.41. The molecule has 128 valence electrons. The smallest absolute Gasteiger partial charge is 0.175 e. The Morgan fingerprint density at radius 3 is 1.88 bits per heavy atom. The quantitative estimate of drug-likeness (QED) is 0.619. The van der Waals surface area contributed by atoms with Crippen LogP contribution in [0.15, 0.2) is 72.8 Å². The van der Waals surface area contributed by atoms with Crippen LogP contribution in [0.5, 0.6) is 0 Å². The number of hydrogen-bond acceptors (Lipinski definition) is 2. The molecular weight excluding hydrogens is 320 g/mol. The van der Waals surface area contributed by atoms with Gasteiger partial charge in [-0.1, -0.05) is 78.4 Å². The number of fused-ring (bicyclic) bond motifs is 1. The second-order valence-corrected chi connectivity index (χ2v) is 7.00. The van der Waals surface area contributed by atoms with Gasteiger partial charge in [0.05, 0.1) is 5.92 Å². The van der Waals surface area contributed by atoms with Gasteiger partial charge in [0.15, 0.2) is 11.6 Å². The highest BCUT2D eigenvalue weighted by molar-refractivity contribution is 6.27. The average Bonchev–Trinajstić information content (AvgIpc) is 2.90. The number of rotatable bonds is 3. The molecule has 1 aliphatic carbocycles. The molecule has 0 aromatic heterocycles. The first-order valence-corrected chi connectivity index (χ1v) is 8.87. The molecule has 1 aliphatic rings. The van der Waals surface area contributed by atoms with Gasteiger partial charge in [0.2, 0.25) is 0 Å². The van der Waals surface area contributed by atoms with E-state index in [9.17, 15) is 9.59 Å². The van der Waals surface area contributed by atoms with Gasteiger partial charge in [-0.15, -0.1) is 0 Å². The van der Waals surface area contributed by atoms with E-state index in [4.69, 9.17) is 0 Å². The SMILES string of the molecule is Cc1ccc([C@H](c2ccccc2)C2C(=O)c3ccccc3C2=O)c(C)c1. The molecule has 1 atom stereocenters. The van der Waals surface area contributed by atoms with Gasteiger partial charge in [0.1, 0.15) is 0 Å². The van der Waals surface area contributed by atoms with Gasteiger partial charge in [0, 0.05) is 17.0 Å². The van der Waals surface area contributed by atoms with Crippen LogP contribution in [0, 0.1) is 19.8 Å². The lowest BCUT2D eigenvalue weighted by atomic mass is 9.76. The third-order valence-corrected chi connectivity index (χ3v) is 5.28. The van der Waals surface area contributed by atoms with Gasteiger partial charge in [-0.3, -0.25) is 9.59 Å². The fourth-order valence-electron chi connectivity index (χ4n) is 4.06. The molecule has 26 heavy (non-hydrogen) atoms. The predicted molar refractivity (Wildman–Crippen MR) is 103 cm³/mol. The number of Topliss-reactive ketones (excluding diaryl/α,β-unsaturated/α-hetero) is 2. The van der Waals surface area contributed by atoms with Crippen molar-refractivity contribution in [1.29, 1.82) is 0 Å². The van der Waals surface area contributed by atoms with Crippen molar-refractivity contribution in [1.82, 2.24) is 0 Å². The summed E-state index contributed by atoms with van der Waals surface area (Å²) in [5, 5.41) is 0. The van der Waals surface area contributed by atoms with Crippen LogP contribution in [-0.2, 0) is 0 Å². The summed E-state index contributed by atoms with van der Waals surface area (Å²) in [7, 11) is 0. The molecule has 0 unspecified atom stereocenters. The Labute approximate surface area is 153 Å². The zero-order valence-corrected chi connectivity index (χ0v) is 14.9. The van der Waals surface area contributed by atoms with E-state index in [1.54, 1.807) is 12.1 Å². The molecule has 0 spiro atoms. The van der Waals surface area contributed by atoms with E-state index in [1.165, 1.54) is 5.56 Å². The summed E-state index contributed by atoms with van der Waals surface area (Å²) in [6.07, 6.45) is 0. The van der Waals surface area contributed by atoms with Crippen molar-refractivity contribution >= 4 is 11.6 Å². The number of hydrogen-bond donors (Lipinski definition) is 0. The normalized spacial score (nSPS) is 15.2. The maximum Gasteiger partial charge on any atom is 0.175 e. The Kier molecular flexibility index (Phi) is 4.04. The van der Waals surface area contributed by atoms with E-state index < -0.39 is 5.92 Å². The van der Waals surface area contributed by atoms with E-state index in [0.29, 0.717) is 11.1 Å². The van der Waals surface area contributed by atoms with Crippen LogP contribution in [0.25, 0.3) is 0 Å². The number of benzene rings is 3. The van der Waals surface area contributed by atoms with Crippen LogP contribution in [0.3, 0.4) is 0 Å². The molecule has 2 heteroatoms. The Balaban J connectivity index is 1.90. The van der Waals surface area contributed by atoms with Gasteiger partial charge in [-0.25, -0.2) is 0 Å². The largest absolute Gasteiger partial charge is 0.293 e. The highest BCUT2D eigenvalue weighted by atomic mass is 16.2. The second kappa shape index (κ2) is 6.38. The van der Waals surface area contributed by atoms with Gasteiger partial charge < -0.3 is 0 Å². The van der Waals surface area contributed by atoms with E-state index in [-0.39, 0.29) is 17.5 Å². The van der Waals surface area contributed by atoms with Crippen molar-refractivity contribution < 1.29 is 9.59 Å². The van der Waals surface area contributed by atoms with Crippen molar-refractivity contribution in [2.24, 2.45) is 5.92 Å². The first-order chi connectivity index (χ1) is 12.6. The second-order valence-electron chi connectivity index (χ2n) is 7.00. The van der Waals surface area contributed by atoms with Gasteiger partial charge in [0.25, 0.3) is 0 Å². The summed E-state index contributed by atoms with van der Waals surface area (Å²) < 4.78 is 0. The molecule has 3 aromatic rings. The maximum absolute atomic E-state index is 13.2. The van der Waals surface area contributed by atoms with Crippen molar-refractivity contribution in [3.05, 3.63) is 106 Å². The molecule has 4 rings (SSSR count). The summed E-state index contributed by atoms with van der Waals surface area (Å²) >= 11 is 0. The van der Waals surface area contributed by atoms with Crippen molar-refractivity contribution in [2.45, 2.75) is 19.8 Å². The summed E-state index contributed by atoms with van der Waals surface area (Å²) in [6, 6.07) is 23.3. The lowest BCUT2D eigenvalue weighted by molar-refractivity contribution is 0.0825. The molecule has 0 saturated heterocycles. The van der Waals surface area contributed by atoms with Crippen LogP contribution in [0.2, 0.25) is 0 Å². The third-order valence-electron chi connectivity index (χ3n) is 5.28. The van der Waals surface area contributed by atoms with E-state index in [1.807, 2.05) is 42.5 Å². The molecule has 0 fully saturated rings. The molecule has 0 heterocycles. The zero-order valence-electron chi connectivity index (χ0n) is 14.9. The van der Waals surface area contributed by atoms with Gasteiger partial charge in [-0.2, -0.15) is 0 Å². The van der Waals surface area contributed by atoms with Gasteiger partial charge >= 0.3 is 0 Å². The van der Waals surface area contributed by atoms with E-state index in [2.05, 4.69) is 32.0 Å². The average molecular weight is 340 g/mol. The molecule has 3 aromatic carbocycles. The lowest BCUT2D eigenvalue weighted by Gasteiger charge is -2.24. The van der Waals surface area contributed by atoms with Crippen molar-refractivity contribution in [2.75, 3.05) is 0 Å². The minimum atomic E-state index is -0.698. The van der Waals surface area contributed by atoms with Crippen LogP contribution >= 0.6 is 0 Å². The number of aryl methyl sites for hydroxylation is 2. The van der Waals surface area contributed by atoms with Crippen LogP contribution in [0.1, 0.15) is 48.9 Å². The molecule has 0 amide bonds. The Bertz CT molecular complexity index is 967. The van der Waals surface area contributed by atoms with E-state index >= 15 is 0 Å². The minimum Gasteiger partial charge on any atom is -0.293 e. The summed E-state index contributed by atoms with van der Waals surface area (Å²) in [5.41, 5.74) is 5.42. The van der Waals surface area contributed by atoms with Crippen LogP contribution < -0.4 is 0 Å². The molecule has 2 nitrogen and oxygen atoms in total. The topological polar surface area (TPSA) is 34.1 Å². The number of carbonyl (C=O) groups excluding carboxylic acids is 2. The molecule has 0 bridgehead atoms. The van der Waals surface area contributed by atoms with E-state index in [0.717, 1.165) is 16.7 Å². The first-order valence-electron chi connectivity index (χ1n) is 8.87. The highest BCUT2D eigenvalue weighted by Gasteiger charge is 2.44. The maximum atomic E-state index is 13.2. The van der Waals surface area contributed by atoms with Crippen LogP contribution in [-0.4, -0.2) is 11.6 Å². The Hall–Kier alpha value is -3.00. The summed E-state index contributed by atoms with van der Waals surface area (Å²) in [4.78, 5) is 26.3. The third kappa shape index (κ3) is 2.59. The fraction of sp³-hybridized carbons (Fsp3) is 0.167. The van der Waals surface area contributed by atoms with Crippen molar-refractivity contribution in [3.63, 3.8) is 0 Å². The molecule has 0 radical (unpaired) electrons. The van der Waals surface area contributed by atoms with Crippen molar-refractivity contribution in [3.8, 4) is 0 Å². The molecular formula is C24H20O2. The fourth-order valence-corrected chi connectivity index (χ4v) is 4.06. The number of ketones is 2. The Morgan fingerprint density at radius 2 is 1.31 bits per heavy atom. The minimum absolute atomic E-state index is 0.0700. The predicted octanol–water partition coefficient (Wildman–Crippen LogP) is 5.13. The molecule has 0 N–H and O–H groups in total. The number of carbonyl (C=O) groups is 2. The molecule has 0 aliphatic heterocycles. The Morgan fingerprint density at radius 1 is 0.731 bits per heavy atom. The molecule has 0 saturated carbocycles.